The van der Waals surface area contributed by atoms with E-state index in [0.717, 1.165) is 6.42 Å². The fraction of sp³-hybridized carbons (Fsp3) is 0.895. The largest absolute Gasteiger partial charge is 2.00 e. The monoisotopic (exact) mass is 554 g/mol. The standard InChI is InChI=1S/C15H29O2.C2H5O.C2H6.U/c1-3-4-5-6-7-8-9-10-11-12-15-16-13-14(2)17-15;1-2-3;1-2;/h14-15H,2-13H2,1H3;3H,1-2H2;1-2H3;/q2*-1;;+2. The fourth-order valence-electron chi connectivity index (χ4n) is 2.28. The first-order valence-corrected chi connectivity index (χ1v) is 9.24. The molecule has 1 rings (SSSR count). The molecule has 1 aliphatic rings. The Morgan fingerprint density at radius 2 is 1.39 bits per heavy atom. The minimum Gasteiger partial charge on any atom is -0.428 e. The van der Waals surface area contributed by atoms with Crippen molar-refractivity contribution in [1.82, 2.24) is 0 Å². The molecule has 1 fully saturated rings. The maximum atomic E-state index is 7.46. The van der Waals surface area contributed by atoms with Gasteiger partial charge >= 0.3 is 31.1 Å². The normalized spacial score (nSPS) is 19.0. The first-order valence-electron chi connectivity index (χ1n) is 9.24. The van der Waals surface area contributed by atoms with Crippen LogP contribution in [0.5, 0.6) is 0 Å². The molecule has 4 heteroatoms. The molecule has 3 nitrogen and oxygen atoms in total. The van der Waals surface area contributed by atoms with Gasteiger partial charge in [-0.1, -0.05) is 78.7 Å². The molecule has 2 atom stereocenters. The van der Waals surface area contributed by atoms with Gasteiger partial charge < -0.3 is 28.4 Å². The average molecular weight is 555 g/mol. The molecule has 23 heavy (non-hydrogen) atoms. The summed E-state index contributed by atoms with van der Waals surface area (Å²) in [5, 5.41) is 7.46. The Labute approximate surface area is 169 Å². The molecule has 0 aromatic carbocycles. The second-order valence-corrected chi connectivity index (χ2v) is 5.36. The Bertz CT molecular complexity index is 191. The van der Waals surface area contributed by atoms with Gasteiger partial charge in [-0.05, 0) is 18.9 Å². The van der Waals surface area contributed by atoms with Crippen LogP contribution in [0.25, 0.3) is 0 Å². The quantitative estimate of drug-likeness (QED) is 0.294. The van der Waals surface area contributed by atoms with E-state index in [-0.39, 0.29) is 50.1 Å². The molecule has 0 aliphatic carbocycles. The molecule has 0 bridgehead atoms. The van der Waals surface area contributed by atoms with Crippen LogP contribution in [0.15, 0.2) is 0 Å². The molecule has 0 aromatic rings. The van der Waals surface area contributed by atoms with Gasteiger partial charge in [0.25, 0.3) is 0 Å². The van der Waals surface area contributed by atoms with Gasteiger partial charge in [0, 0.05) is 6.61 Å². The molecule has 138 valence electrons. The molecule has 1 N–H and O–H groups in total. The molecule has 0 saturated carbocycles. The Morgan fingerprint density at radius 3 is 1.78 bits per heavy atom. The topological polar surface area (TPSA) is 38.7 Å². The van der Waals surface area contributed by atoms with Crippen molar-refractivity contribution in [3.8, 4) is 0 Å². The van der Waals surface area contributed by atoms with Gasteiger partial charge in [-0.3, -0.25) is 0 Å². The van der Waals surface area contributed by atoms with Crippen molar-refractivity contribution < 1.29 is 45.7 Å². The molecular formula is C19H40O3U. The summed E-state index contributed by atoms with van der Waals surface area (Å²) in [6, 6.07) is 0. The van der Waals surface area contributed by atoms with Crippen molar-refractivity contribution in [3.05, 3.63) is 13.8 Å². The van der Waals surface area contributed by atoms with Crippen molar-refractivity contribution in [2.24, 2.45) is 0 Å². The Kier molecular flexibility index (Phi) is 31.4. The van der Waals surface area contributed by atoms with Gasteiger partial charge in [0.15, 0.2) is 6.29 Å². The summed E-state index contributed by atoms with van der Waals surface area (Å²) >= 11 is 0. The SMILES string of the molecule is CC.[CH2-]C1COC(CCCCCCCCCCC)O1.[CH2-]CO.[U+2]. The maximum absolute atomic E-state index is 7.46. The van der Waals surface area contributed by atoms with E-state index in [9.17, 15) is 0 Å². The molecule has 1 saturated heterocycles. The molecule has 1 aliphatic heterocycles. The summed E-state index contributed by atoms with van der Waals surface area (Å²) in [6.07, 6.45) is 13.4. The van der Waals surface area contributed by atoms with Crippen LogP contribution < -0.4 is 0 Å². The molecule has 0 radical (unpaired) electrons. The number of aliphatic hydroxyl groups excluding tert-OH is 1. The van der Waals surface area contributed by atoms with E-state index in [4.69, 9.17) is 14.6 Å². The summed E-state index contributed by atoms with van der Waals surface area (Å²) < 4.78 is 11.0. The molecular weight excluding hydrogens is 514 g/mol. The number of hydrogen-bond donors (Lipinski definition) is 1. The van der Waals surface area contributed by atoms with Crippen LogP contribution in [0.2, 0.25) is 0 Å². The van der Waals surface area contributed by atoms with Crippen LogP contribution in [0.4, 0.5) is 0 Å². The third kappa shape index (κ3) is 22.9. The zero-order chi connectivity index (χ0) is 17.1. The summed E-state index contributed by atoms with van der Waals surface area (Å²) in [4.78, 5) is 0. The van der Waals surface area contributed by atoms with E-state index in [1.807, 2.05) is 13.8 Å². The first kappa shape index (κ1) is 28.7. The Balaban J connectivity index is -0.000000596. The van der Waals surface area contributed by atoms with Gasteiger partial charge in [-0.15, -0.1) is 0 Å². The number of aliphatic hydroxyl groups is 1. The van der Waals surface area contributed by atoms with E-state index < -0.39 is 0 Å². The predicted octanol–water partition coefficient (Wildman–Crippen LogP) is 5.32. The molecule has 2 unspecified atom stereocenters. The minimum atomic E-state index is 0. The van der Waals surface area contributed by atoms with Crippen LogP contribution in [0.3, 0.4) is 0 Å². The van der Waals surface area contributed by atoms with Crippen molar-refractivity contribution in [1.29, 1.82) is 0 Å². The summed E-state index contributed by atoms with van der Waals surface area (Å²) in [5.74, 6) is 0. The summed E-state index contributed by atoms with van der Waals surface area (Å²) in [7, 11) is 0. The zero-order valence-corrected chi connectivity index (χ0v) is 20.0. The fourth-order valence-corrected chi connectivity index (χ4v) is 2.28. The first-order chi connectivity index (χ1) is 10.7. The van der Waals surface area contributed by atoms with Gasteiger partial charge in [-0.25, -0.2) is 0 Å². The number of hydrogen-bond acceptors (Lipinski definition) is 3. The van der Waals surface area contributed by atoms with E-state index in [1.54, 1.807) is 0 Å². The number of rotatable bonds is 10. The molecule has 0 spiro atoms. The van der Waals surface area contributed by atoms with E-state index in [1.165, 1.54) is 57.8 Å². The zero-order valence-electron chi connectivity index (χ0n) is 15.8. The van der Waals surface area contributed by atoms with Crippen LogP contribution in [-0.4, -0.2) is 30.7 Å². The van der Waals surface area contributed by atoms with Crippen LogP contribution in [0.1, 0.15) is 85.0 Å². The minimum absolute atomic E-state index is 0. The van der Waals surface area contributed by atoms with Crippen LogP contribution in [0, 0.1) is 45.0 Å². The second kappa shape index (κ2) is 25.2. The molecule has 0 aromatic heterocycles. The number of unbranched alkanes of at least 4 members (excludes halogenated alkanes) is 8. The van der Waals surface area contributed by atoms with E-state index >= 15 is 0 Å². The Hall–Kier alpha value is 0.932. The van der Waals surface area contributed by atoms with Gasteiger partial charge in [0.05, 0.1) is 0 Å². The van der Waals surface area contributed by atoms with Crippen LogP contribution in [-0.2, 0) is 9.47 Å². The van der Waals surface area contributed by atoms with Gasteiger partial charge in [0.1, 0.15) is 0 Å². The second-order valence-electron chi connectivity index (χ2n) is 5.36. The molecule has 0 amide bonds. The predicted molar refractivity (Wildman–Crippen MR) is 95.6 cm³/mol. The van der Waals surface area contributed by atoms with Crippen molar-refractivity contribution in [2.75, 3.05) is 13.2 Å². The van der Waals surface area contributed by atoms with E-state index in [2.05, 4.69) is 20.8 Å². The average Bonchev–Trinajstić information content (AvgIpc) is 2.94. The van der Waals surface area contributed by atoms with Gasteiger partial charge in [-0.2, -0.15) is 0 Å². The molecule has 1 heterocycles. The van der Waals surface area contributed by atoms with Crippen LogP contribution >= 0.6 is 0 Å². The third-order valence-electron chi connectivity index (χ3n) is 3.36. The maximum Gasteiger partial charge on any atom is 2.00 e. The summed E-state index contributed by atoms with van der Waals surface area (Å²) in [5.41, 5.74) is 0. The van der Waals surface area contributed by atoms with Gasteiger partial charge in [0.2, 0.25) is 0 Å². The third-order valence-corrected chi connectivity index (χ3v) is 3.36. The van der Waals surface area contributed by atoms with Crippen molar-refractivity contribution >= 4 is 0 Å². The smallest absolute Gasteiger partial charge is 0.428 e. The van der Waals surface area contributed by atoms with E-state index in [0.29, 0.717) is 6.61 Å². The summed E-state index contributed by atoms with van der Waals surface area (Å²) in [6.45, 7) is 13.8. The van der Waals surface area contributed by atoms with Crippen molar-refractivity contribution in [3.63, 3.8) is 0 Å². The Morgan fingerprint density at radius 1 is 0.957 bits per heavy atom. The number of ether oxygens (including phenoxy) is 2. The van der Waals surface area contributed by atoms with Crippen molar-refractivity contribution in [2.45, 2.75) is 97.4 Å².